The molecule has 0 saturated carbocycles. The summed E-state index contributed by atoms with van der Waals surface area (Å²) in [6.07, 6.45) is 1.66. The highest BCUT2D eigenvalue weighted by atomic mass is 32.2. The molecule has 2 N–H and O–H groups in total. The summed E-state index contributed by atoms with van der Waals surface area (Å²) in [5.74, 6) is -0.339. The minimum Gasteiger partial charge on any atom is -0.423 e. The summed E-state index contributed by atoms with van der Waals surface area (Å²) < 4.78 is 5.46. The van der Waals surface area contributed by atoms with Crippen LogP contribution in [0, 0.1) is 5.41 Å². The van der Waals surface area contributed by atoms with Gasteiger partial charge in [0.05, 0.1) is 10.5 Å². The molecule has 1 amide bonds. The minimum absolute atomic E-state index is 0.0190. The fourth-order valence-electron chi connectivity index (χ4n) is 2.53. The Morgan fingerprint density at radius 2 is 1.85 bits per heavy atom. The molecule has 1 saturated heterocycles. The molecule has 2 aromatic rings. The Hall–Kier alpha value is -2.86. The van der Waals surface area contributed by atoms with Gasteiger partial charge in [-0.15, -0.1) is 0 Å². The van der Waals surface area contributed by atoms with Crippen molar-refractivity contribution in [1.29, 1.82) is 5.41 Å². The zero-order valence-corrected chi connectivity index (χ0v) is 16.1. The topological polar surface area (TPSA) is 79.2 Å². The summed E-state index contributed by atoms with van der Waals surface area (Å²) >= 11 is 1.06. The van der Waals surface area contributed by atoms with E-state index in [4.69, 9.17) is 10.1 Å². The molecule has 0 aliphatic carbocycles. The lowest BCUT2D eigenvalue weighted by molar-refractivity contribution is -0.115. The van der Waals surface area contributed by atoms with Crippen LogP contribution in [0.5, 0.6) is 5.75 Å². The zero-order valence-electron chi connectivity index (χ0n) is 15.3. The van der Waals surface area contributed by atoms with Crippen molar-refractivity contribution in [3.63, 3.8) is 0 Å². The summed E-state index contributed by atoms with van der Waals surface area (Å²) in [4.78, 5) is 24.5. The highest BCUT2D eigenvalue weighted by Crippen LogP contribution is 2.26. The van der Waals surface area contributed by atoms with Crippen LogP contribution in [-0.2, 0) is 10.2 Å². The molecular weight excluding hydrogens is 360 g/mol. The maximum Gasteiger partial charge on any atom is 0.343 e. The first-order valence-electron chi connectivity index (χ1n) is 8.44. The standard InChI is InChI=1S/C21H20N2O3S/c1-21(2,3)15-9-7-14(8-10-15)19(25)26-16-6-4-5-13(11-16)12-17-18(24)23-20(22)27-17/h4-12H,1-3H3,(H2,22,23,24). The first-order valence-corrected chi connectivity index (χ1v) is 9.26. The van der Waals surface area contributed by atoms with E-state index in [1.807, 2.05) is 12.1 Å². The first-order chi connectivity index (χ1) is 12.7. The van der Waals surface area contributed by atoms with E-state index in [2.05, 4.69) is 26.1 Å². The van der Waals surface area contributed by atoms with E-state index in [1.54, 1.807) is 42.5 Å². The molecule has 27 heavy (non-hydrogen) atoms. The smallest absolute Gasteiger partial charge is 0.343 e. The van der Waals surface area contributed by atoms with Gasteiger partial charge in [0.15, 0.2) is 5.17 Å². The lowest BCUT2D eigenvalue weighted by atomic mass is 9.87. The van der Waals surface area contributed by atoms with Gasteiger partial charge in [0.25, 0.3) is 5.91 Å². The molecule has 0 bridgehead atoms. The highest BCUT2D eigenvalue weighted by molar-refractivity contribution is 8.18. The van der Waals surface area contributed by atoms with Crippen LogP contribution in [0.2, 0.25) is 0 Å². The summed E-state index contributed by atoms with van der Waals surface area (Å²) in [6, 6.07) is 14.3. The normalized spacial score (nSPS) is 15.7. The number of hydrogen-bond donors (Lipinski definition) is 2. The van der Waals surface area contributed by atoms with E-state index in [-0.39, 0.29) is 16.5 Å². The van der Waals surface area contributed by atoms with E-state index < -0.39 is 5.97 Å². The molecule has 0 atom stereocenters. The summed E-state index contributed by atoms with van der Waals surface area (Å²) in [6.45, 7) is 6.35. The van der Waals surface area contributed by atoms with Crippen LogP contribution >= 0.6 is 11.8 Å². The number of nitrogens with one attached hydrogen (secondary N) is 2. The van der Waals surface area contributed by atoms with Crippen LogP contribution in [0.1, 0.15) is 42.3 Å². The largest absolute Gasteiger partial charge is 0.423 e. The molecule has 138 valence electrons. The van der Waals surface area contributed by atoms with Crippen molar-refractivity contribution in [2.24, 2.45) is 0 Å². The maximum atomic E-state index is 12.4. The minimum atomic E-state index is -0.435. The van der Waals surface area contributed by atoms with E-state index in [9.17, 15) is 9.59 Å². The zero-order chi connectivity index (χ0) is 19.6. The summed E-state index contributed by atoms with van der Waals surface area (Å²) in [5, 5.41) is 10.0. The van der Waals surface area contributed by atoms with Crippen molar-refractivity contribution in [1.82, 2.24) is 5.32 Å². The van der Waals surface area contributed by atoms with E-state index >= 15 is 0 Å². The number of thioether (sulfide) groups is 1. The second-order valence-corrected chi connectivity index (χ2v) is 8.24. The van der Waals surface area contributed by atoms with Gasteiger partial charge in [0.2, 0.25) is 0 Å². The molecule has 3 rings (SSSR count). The van der Waals surface area contributed by atoms with Gasteiger partial charge in [-0.2, -0.15) is 0 Å². The SMILES string of the molecule is CC(C)(C)c1ccc(C(=O)Oc2cccc(C=C3SC(=N)NC3=O)c2)cc1. The third-order valence-electron chi connectivity index (χ3n) is 4.02. The molecule has 0 spiro atoms. The second-order valence-electron chi connectivity index (χ2n) is 7.18. The Balaban J connectivity index is 1.74. The number of rotatable bonds is 3. The molecule has 5 nitrogen and oxygen atoms in total. The Morgan fingerprint density at radius 1 is 1.15 bits per heavy atom. The van der Waals surface area contributed by atoms with Gasteiger partial charge in [-0.3, -0.25) is 10.2 Å². The van der Waals surface area contributed by atoms with E-state index in [0.29, 0.717) is 16.2 Å². The van der Waals surface area contributed by atoms with Gasteiger partial charge >= 0.3 is 5.97 Å². The maximum absolute atomic E-state index is 12.4. The number of amides is 1. The van der Waals surface area contributed by atoms with Crippen molar-refractivity contribution in [3.8, 4) is 5.75 Å². The predicted octanol–water partition coefficient (Wildman–Crippen LogP) is 4.34. The molecule has 0 unspecified atom stereocenters. The van der Waals surface area contributed by atoms with Gasteiger partial charge in [-0.05, 0) is 58.6 Å². The van der Waals surface area contributed by atoms with Crippen LogP contribution in [-0.4, -0.2) is 17.0 Å². The van der Waals surface area contributed by atoms with Crippen molar-refractivity contribution < 1.29 is 14.3 Å². The third kappa shape index (κ3) is 4.65. The van der Waals surface area contributed by atoms with Crippen molar-refractivity contribution in [2.45, 2.75) is 26.2 Å². The number of benzene rings is 2. The molecule has 1 aliphatic heterocycles. The van der Waals surface area contributed by atoms with Gasteiger partial charge < -0.3 is 10.1 Å². The van der Waals surface area contributed by atoms with Crippen molar-refractivity contribution in [2.75, 3.05) is 0 Å². The Labute approximate surface area is 162 Å². The number of ether oxygens (including phenoxy) is 1. The van der Waals surface area contributed by atoms with Crippen molar-refractivity contribution >= 4 is 34.9 Å². The fraction of sp³-hybridized carbons (Fsp3) is 0.190. The molecule has 2 aromatic carbocycles. The highest BCUT2D eigenvalue weighted by Gasteiger charge is 2.22. The molecule has 0 aromatic heterocycles. The lowest BCUT2D eigenvalue weighted by Crippen LogP contribution is -2.18. The average molecular weight is 380 g/mol. The summed E-state index contributed by atoms with van der Waals surface area (Å²) in [7, 11) is 0. The third-order valence-corrected chi connectivity index (χ3v) is 4.85. The molecule has 1 fully saturated rings. The quantitative estimate of drug-likeness (QED) is 0.472. The van der Waals surface area contributed by atoms with Crippen LogP contribution in [0.4, 0.5) is 0 Å². The number of hydrogen-bond acceptors (Lipinski definition) is 5. The van der Waals surface area contributed by atoms with Gasteiger partial charge in [-0.25, -0.2) is 4.79 Å². The van der Waals surface area contributed by atoms with Gasteiger partial charge in [0.1, 0.15) is 5.75 Å². The molecule has 0 radical (unpaired) electrons. The first kappa shape index (κ1) is 18.9. The molecular formula is C21H20N2O3S. The molecule has 1 heterocycles. The molecule has 6 heteroatoms. The summed E-state index contributed by atoms with van der Waals surface area (Å²) in [5.41, 5.74) is 2.36. The number of esters is 1. The Morgan fingerprint density at radius 3 is 2.44 bits per heavy atom. The average Bonchev–Trinajstić information content (AvgIpc) is 2.91. The molecule has 1 aliphatic rings. The van der Waals surface area contributed by atoms with Gasteiger partial charge in [0, 0.05) is 0 Å². The monoisotopic (exact) mass is 380 g/mol. The van der Waals surface area contributed by atoms with Crippen LogP contribution in [0.3, 0.4) is 0 Å². The number of carbonyl (C=O) groups excluding carboxylic acids is 2. The number of amidine groups is 1. The fourth-order valence-corrected chi connectivity index (χ4v) is 3.24. The van der Waals surface area contributed by atoms with Gasteiger partial charge in [-0.1, -0.05) is 45.0 Å². The van der Waals surface area contributed by atoms with Crippen molar-refractivity contribution in [3.05, 3.63) is 70.1 Å². The van der Waals surface area contributed by atoms with Crippen LogP contribution < -0.4 is 10.1 Å². The lowest BCUT2D eigenvalue weighted by Gasteiger charge is -2.18. The Kier molecular flexibility index (Phi) is 5.19. The second kappa shape index (κ2) is 7.40. The number of carbonyl (C=O) groups is 2. The Bertz CT molecular complexity index is 941. The predicted molar refractivity (Wildman–Crippen MR) is 108 cm³/mol. The van der Waals surface area contributed by atoms with E-state index in [0.717, 1.165) is 22.9 Å². The van der Waals surface area contributed by atoms with Crippen LogP contribution in [0.15, 0.2) is 53.4 Å². The van der Waals surface area contributed by atoms with E-state index in [1.165, 1.54) is 0 Å². The van der Waals surface area contributed by atoms with Crippen LogP contribution in [0.25, 0.3) is 6.08 Å².